The highest BCUT2D eigenvalue weighted by molar-refractivity contribution is 7.15. The first-order valence-electron chi connectivity index (χ1n) is 7.41. The molecule has 1 saturated heterocycles. The first-order chi connectivity index (χ1) is 10.6. The highest BCUT2D eigenvalue weighted by atomic mass is 35.5. The number of thiophene rings is 1. The van der Waals surface area contributed by atoms with Crippen LogP contribution in [0.2, 0.25) is 0 Å². The van der Waals surface area contributed by atoms with Gasteiger partial charge in [-0.2, -0.15) is 0 Å². The molecule has 1 N–H and O–H groups in total. The van der Waals surface area contributed by atoms with Gasteiger partial charge >= 0.3 is 0 Å². The lowest BCUT2D eigenvalue weighted by atomic mass is 10.2. The summed E-state index contributed by atoms with van der Waals surface area (Å²) in [6.45, 7) is 6.38. The maximum Gasteiger partial charge on any atom is 0.269 e. The second kappa shape index (κ2) is 7.88. The van der Waals surface area contributed by atoms with Crippen LogP contribution in [0.3, 0.4) is 0 Å². The molecule has 1 aromatic heterocycles. The molecule has 1 atom stereocenters. The van der Waals surface area contributed by atoms with Crippen LogP contribution in [-0.4, -0.2) is 35.5 Å². The van der Waals surface area contributed by atoms with E-state index in [-0.39, 0.29) is 23.0 Å². The van der Waals surface area contributed by atoms with E-state index in [9.17, 15) is 10.1 Å². The summed E-state index contributed by atoms with van der Waals surface area (Å²) in [7, 11) is 0. The minimum Gasteiger partial charge on any atom is -0.312 e. The Bertz CT molecular complexity index is 660. The molecule has 0 unspecified atom stereocenters. The lowest BCUT2D eigenvalue weighted by Crippen LogP contribution is -2.48. The van der Waals surface area contributed by atoms with E-state index in [4.69, 9.17) is 0 Å². The smallest absolute Gasteiger partial charge is 0.269 e. The summed E-state index contributed by atoms with van der Waals surface area (Å²) in [4.78, 5) is 15.3. The third-order valence-electron chi connectivity index (χ3n) is 3.86. The standard InChI is InChI=1S/C16H19N3O2S.ClH/c1-12-10-18(9-8-17-12)11-15-6-7-16(22-15)13-2-4-14(5-3-13)19(20)21;/h2-7,12,17H,8-11H2,1H3;1H/t12-;/m1./s1. The number of nitrogens with zero attached hydrogens (tertiary/aromatic N) is 2. The van der Waals surface area contributed by atoms with Crippen LogP contribution >= 0.6 is 23.7 Å². The van der Waals surface area contributed by atoms with Gasteiger partial charge in [-0.05, 0) is 36.8 Å². The second-order valence-corrected chi connectivity index (χ2v) is 6.83. The average molecular weight is 354 g/mol. The molecule has 1 aliphatic heterocycles. The quantitative estimate of drug-likeness (QED) is 0.674. The van der Waals surface area contributed by atoms with Gasteiger partial charge in [0, 0.05) is 54.1 Å². The van der Waals surface area contributed by atoms with Crippen molar-refractivity contribution in [1.82, 2.24) is 10.2 Å². The van der Waals surface area contributed by atoms with Gasteiger partial charge in [-0.25, -0.2) is 0 Å². The fraction of sp³-hybridized carbons (Fsp3) is 0.375. The Labute approximate surface area is 145 Å². The van der Waals surface area contributed by atoms with Gasteiger partial charge in [0.2, 0.25) is 0 Å². The summed E-state index contributed by atoms with van der Waals surface area (Å²) in [5.74, 6) is 0. The van der Waals surface area contributed by atoms with Crippen molar-refractivity contribution in [2.24, 2.45) is 0 Å². The maximum atomic E-state index is 10.7. The Morgan fingerprint density at radius 2 is 2.04 bits per heavy atom. The molecule has 0 saturated carbocycles. The number of rotatable bonds is 4. The van der Waals surface area contributed by atoms with Gasteiger partial charge in [0.25, 0.3) is 5.69 Å². The molecule has 0 aliphatic carbocycles. The summed E-state index contributed by atoms with van der Waals surface area (Å²) in [5.41, 5.74) is 1.17. The highest BCUT2D eigenvalue weighted by Gasteiger charge is 2.16. The van der Waals surface area contributed by atoms with Crippen LogP contribution in [0, 0.1) is 10.1 Å². The van der Waals surface area contributed by atoms with Gasteiger partial charge in [0.15, 0.2) is 0 Å². The SMILES string of the molecule is C[C@@H]1CN(Cc2ccc(-c3ccc([N+](=O)[O-])cc3)s2)CCN1.Cl. The second-order valence-electron chi connectivity index (χ2n) is 5.66. The van der Waals surface area contributed by atoms with Crippen molar-refractivity contribution in [3.05, 3.63) is 51.4 Å². The van der Waals surface area contributed by atoms with E-state index < -0.39 is 0 Å². The molecule has 124 valence electrons. The number of benzene rings is 1. The van der Waals surface area contributed by atoms with E-state index in [1.807, 2.05) is 12.1 Å². The fourth-order valence-electron chi connectivity index (χ4n) is 2.74. The van der Waals surface area contributed by atoms with E-state index >= 15 is 0 Å². The van der Waals surface area contributed by atoms with Crippen molar-refractivity contribution in [1.29, 1.82) is 0 Å². The van der Waals surface area contributed by atoms with Crippen LogP contribution < -0.4 is 5.32 Å². The van der Waals surface area contributed by atoms with Gasteiger partial charge in [-0.1, -0.05) is 0 Å². The zero-order chi connectivity index (χ0) is 15.5. The van der Waals surface area contributed by atoms with Crippen molar-refractivity contribution in [3.63, 3.8) is 0 Å². The van der Waals surface area contributed by atoms with Crippen LogP contribution in [0.5, 0.6) is 0 Å². The highest BCUT2D eigenvalue weighted by Crippen LogP contribution is 2.30. The predicted molar refractivity (Wildman–Crippen MR) is 96.4 cm³/mol. The molecular weight excluding hydrogens is 334 g/mol. The van der Waals surface area contributed by atoms with E-state index in [0.29, 0.717) is 6.04 Å². The number of nitro benzene ring substituents is 1. The molecule has 2 heterocycles. The molecule has 7 heteroatoms. The van der Waals surface area contributed by atoms with Crippen molar-refractivity contribution >= 4 is 29.4 Å². The Morgan fingerprint density at radius 3 is 2.70 bits per heavy atom. The first kappa shape index (κ1) is 17.9. The summed E-state index contributed by atoms with van der Waals surface area (Å²) in [6, 6.07) is 11.6. The summed E-state index contributed by atoms with van der Waals surface area (Å²) < 4.78 is 0. The number of non-ortho nitro benzene ring substituents is 1. The molecule has 3 rings (SSSR count). The molecule has 0 spiro atoms. The summed E-state index contributed by atoms with van der Waals surface area (Å²) >= 11 is 1.76. The number of hydrogen-bond acceptors (Lipinski definition) is 5. The number of nitro groups is 1. The minimum atomic E-state index is -0.366. The zero-order valence-electron chi connectivity index (χ0n) is 12.9. The number of halogens is 1. The number of piperazine rings is 1. The van der Waals surface area contributed by atoms with E-state index in [1.54, 1.807) is 23.5 Å². The lowest BCUT2D eigenvalue weighted by Gasteiger charge is -2.31. The molecule has 0 radical (unpaired) electrons. The average Bonchev–Trinajstić information content (AvgIpc) is 2.96. The van der Waals surface area contributed by atoms with Crippen LogP contribution in [0.1, 0.15) is 11.8 Å². The predicted octanol–water partition coefficient (Wildman–Crippen LogP) is 3.54. The Hall–Kier alpha value is -1.47. The number of nitrogens with one attached hydrogen (secondary N) is 1. The zero-order valence-corrected chi connectivity index (χ0v) is 14.5. The topological polar surface area (TPSA) is 58.4 Å². The van der Waals surface area contributed by atoms with Gasteiger partial charge in [0.1, 0.15) is 0 Å². The lowest BCUT2D eigenvalue weighted by molar-refractivity contribution is -0.384. The molecule has 0 amide bonds. The molecule has 1 aliphatic rings. The van der Waals surface area contributed by atoms with Crippen LogP contribution in [0.15, 0.2) is 36.4 Å². The third-order valence-corrected chi connectivity index (χ3v) is 4.98. The molecule has 1 aromatic carbocycles. The first-order valence-corrected chi connectivity index (χ1v) is 8.23. The third kappa shape index (κ3) is 4.51. The summed E-state index contributed by atoms with van der Waals surface area (Å²) in [5, 5.41) is 14.1. The van der Waals surface area contributed by atoms with Crippen LogP contribution in [0.4, 0.5) is 5.69 Å². The van der Waals surface area contributed by atoms with Crippen LogP contribution in [0.25, 0.3) is 10.4 Å². The van der Waals surface area contributed by atoms with Crippen molar-refractivity contribution in [3.8, 4) is 10.4 Å². The Balaban J connectivity index is 0.00000192. The van der Waals surface area contributed by atoms with Crippen LogP contribution in [-0.2, 0) is 6.54 Å². The Kier molecular flexibility index (Phi) is 6.12. The van der Waals surface area contributed by atoms with E-state index in [2.05, 4.69) is 29.3 Å². The minimum absolute atomic E-state index is 0. The molecular formula is C16H20ClN3O2S. The molecule has 0 bridgehead atoms. The molecule has 5 nitrogen and oxygen atoms in total. The monoisotopic (exact) mass is 353 g/mol. The van der Waals surface area contributed by atoms with Crippen molar-refractivity contribution in [2.75, 3.05) is 19.6 Å². The molecule has 2 aromatic rings. The van der Waals surface area contributed by atoms with Crippen molar-refractivity contribution in [2.45, 2.75) is 19.5 Å². The van der Waals surface area contributed by atoms with Gasteiger partial charge in [0.05, 0.1) is 4.92 Å². The summed E-state index contributed by atoms with van der Waals surface area (Å²) in [6.07, 6.45) is 0. The largest absolute Gasteiger partial charge is 0.312 e. The normalized spacial score (nSPS) is 18.4. The maximum absolute atomic E-state index is 10.7. The molecule has 23 heavy (non-hydrogen) atoms. The van der Waals surface area contributed by atoms with Gasteiger partial charge in [-0.3, -0.25) is 15.0 Å². The van der Waals surface area contributed by atoms with Gasteiger partial charge < -0.3 is 5.32 Å². The van der Waals surface area contributed by atoms with Crippen molar-refractivity contribution < 1.29 is 4.92 Å². The Morgan fingerprint density at radius 1 is 1.30 bits per heavy atom. The van der Waals surface area contributed by atoms with E-state index in [0.717, 1.165) is 36.6 Å². The molecule has 1 fully saturated rings. The number of hydrogen-bond donors (Lipinski definition) is 1. The fourth-order valence-corrected chi connectivity index (χ4v) is 3.80. The van der Waals surface area contributed by atoms with E-state index in [1.165, 1.54) is 4.88 Å². The van der Waals surface area contributed by atoms with Gasteiger partial charge in [-0.15, -0.1) is 23.7 Å².